The fraction of sp³-hybridized carbons (Fsp3) is 0.500. The molecule has 1 N–H and O–H groups in total. The van der Waals surface area contributed by atoms with Gasteiger partial charge in [0.15, 0.2) is 0 Å². The number of carbonyl (C=O) groups is 2. The largest absolute Gasteiger partial charge is 0.354 e. The van der Waals surface area contributed by atoms with Crippen LogP contribution in [0, 0.1) is 0 Å². The highest BCUT2D eigenvalue weighted by Gasteiger charge is 2.34. The van der Waals surface area contributed by atoms with E-state index in [2.05, 4.69) is 5.32 Å². The molecule has 25 heavy (non-hydrogen) atoms. The van der Waals surface area contributed by atoms with Gasteiger partial charge in [0.2, 0.25) is 21.8 Å². The molecule has 1 aromatic carbocycles. The van der Waals surface area contributed by atoms with E-state index < -0.39 is 15.3 Å². The average Bonchev–Trinajstić information content (AvgIpc) is 2.51. The fourth-order valence-corrected chi connectivity index (χ4v) is 4.63. The number of thioether (sulfide) groups is 1. The molecule has 1 atom stereocenters. The van der Waals surface area contributed by atoms with Crippen LogP contribution in [-0.2, 0) is 19.6 Å². The Morgan fingerprint density at radius 2 is 2.00 bits per heavy atom. The van der Waals surface area contributed by atoms with Crippen molar-refractivity contribution in [1.29, 1.82) is 0 Å². The maximum Gasteiger partial charge on any atom is 0.242 e. The van der Waals surface area contributed by atoms with Crippen molar-refractivity contribution in [2.45, 2.75) is 41.4 Å². The Hall–Kier alpha value is -1.58. The van der Waals surface area contributed by atoms with Crippen LogP contribution < -0.4 is 10.2 Å². The summed E-state index contributed by atoms with van der Waals surface area (Å²) in [6, 6.07) is 4.72. The van der Waals surface area contributed by atoms with Gasteiger partial charge in [-0.3, -0.25) is 9.59 Å². The first-order valence-corrected chi connectivity index (χ1v) is 10.2. The van der Waals surface area contributed by atoms with E-state index >= 15 is 0 Å². The summed E-state index contributed by atoms with van der Waals surface area (Å²) in [5.41, 5.74) is 0.540. The predicted octanol–water partition coefficient (Wildman–Crippen LogP) is 1.29. The van der Waals surface area contributed by atoms with Crippen LogP contribution in [0.1, 0.15) is 20.3 Å². The molecule has 0 radical (unpaired) electrons. The monoisotopic (exact) mass is 385 g/mol. The maximum atomic E-state index is 12.6. The molecule has 1 heterocycles. The number of nitrogens with zero attached hydrogens (tertiary/aromatic N) is 2. The Kier molecular flexibility index (Phi) is 5.80. The maximum absolute atomic E-state index is 12.6. The van der Waals surface area contributed by atoms with E-state index in [0.29, 0.717) is 5.69 Å². The number of hydrogen-bond donors (Lipinski definition) is 1. The molecule has 0 aliphatic carbocycles. The van der Waals surface area contributed by atoms with Crippen molar-refractivity contribution in [2.24, 2.45) is 0 Å². The molecule has 7 nitrogen and oxygen atoms in total. The normalized spacial score (nSPS) is 17.8. The molecule has 2 rings (SSSR count). The number of rotatable bonds is 5. The summed E-state index contributed by atoms with van der Waals surface area (Å²) in [4.78, 5) is 26.9. The molecule has 1 aliphatic heterocycles. The van der Waals surface area contributed by atoms with Gasteiger partial charge in [-0.25, -0.2) is 12.7 Å². The quantitative estimate of drug-likeness (QED) is 0.825. The number of sulfonamides is 1. The summed E-state index contributed by atoms with van der Waals surface area (Å²) in [6.07, 6.45) is 0.0865. The van der Waals surface area contributed by atoms with Crippen LogP contribution in [0.2, 0.25) is 0 Å². The van der Waals surface area contributed by atoms with Crippen LogP contribution in [-0.4, -0.2) is 57.0 Å². The highest BCUT2D eigenvalue weighted by atomic mass is 32.2. The summed E-state index contributed by atoms with van der Waals surface area (Å²) in [5, 5.41) is 2.26. The van der Waals surface area contributed by atoms with Gasteiger partial charge in [-0.15, -0.1) is 11.8 Å². The molecule has 0 spiro atoms. The van der Waals surface area contributed by atoms with Gasteiger partial charge >= 0.3 is 0 Å². The predicted molar refractivity (Wildman–Crippen MR) is 98.3 cm³/mol. The second-order valence-corrected chi connectivity index (χ2v) is 9.74. The minimum Gasteiger partial charge on any atom is -0.354 e. The van der Waals surface area contributed by atoms with Crippen LogP contribution >= 0.6 is 11.8 Å². The molecular formula is C16H23N3O4S2. The third-order valence-electron chi connectivity index (χ3n) is 3.77. The zero-order valence-electron chi connectivity index (χ0n) is 14.9. The average molecular weight is 386 g/mol. The van der Waals surface area contributed by atoms with Crippen molar-refractivity contribution in [3.8, 4) is 0 Å². The third kappa shape index (κ3) is 4.16. The molecule has 138 valence electrons. The lowest BCUT2D eigenvalue weighted by molar-refractivity contribution is -0.125. The second-order valence-electron chi connectivity index (χ2n) is 6.35. The number of anilines is 1. The molecule has 0 saturated heterocycles. The van der Waals surface area contributed by atoms with Gasteiger partial charge in [-0.05, 0) is 32.0 Å². The zero-order chi connectivity index (χ0) is 18.9. The van der Waals surface area contributed by atoms with Crippen LogP contribution in [0.25, 0.3) is 0 Å². The molecule has 0 bridgehead atoms. The lowest BCUT2D eigenvalue weighted by atomic mass is 10.2. The van der Waals surface area contributed by atoms with Gasteiger partial charge in [-0.1, -0.05) is 0 Å². The first-order valence-electron chi connectivity index (χ1n) is 7.84. The molecule has 0 fully saturated rings. The minimum absolute atomic E-state index is 0.0139. The van der Waals surface area contributed by atoms with Crippen LogP contribution in [0.4, 0.5) is 5.69 Å². The van der Waals surface area contributed by atoms with E-state index in [9.17, 15) is 18.0 Å². The second kappa shape index (κ2) is 7.35. The Bertz CT molecular complexity index is 791. The fourth-order valence-electron chi connectivity index (χ4n) is 2.45. The highest BCUT2D eigenvalue weighted by Crippen LogP contribution is 2.41. The summed E-state index contributed by atoms with van der Waals surface area (Å²) < 4.78 is 25.7. The van der Waals surface area contributed by atoms with E-state index in [4.69, 9.17) is 0 Å². The van der Waals surface area contributed by atoms with Crippen molar-refractivity contribution in [3.05, 3.63) is 18.2 Å². The molecule has 1 aliphatic rings. The Balaban J connectivity index is 2.30. The number of carbonyl (C=O) groups excluding carboxylic acids is 2. The molecule has 0 unspecified atom stereocenters. The van der Waals surface area contributed by atoms with Crippen molar-refractivity contribution < 1.29 is 18.0 Å². The Morgan fingerprint density at radius 1 is 1.36 bits per heavy atom. The zero-order valence-corrected chi connectivity index (χ0v) is 16.6. The smallest absolute Gasteiger partial charge is 0.242 e. The van der Waals surface area contributed by atoms with Crippen molar-refractivity contribution >= 4 is 39.3 Å². The minimum atomic E-state index is -3.58. The number of hydrogen-bond acceptors (Lipinski definition) is 5. The Labute approximate surface area is 152 Å². The van der Waals surface area contributed by atoms with E-state index in [1.807, 2.05) is 13.8 Å². The van der Waals surface area contributed by atoms with Gasteiger partial charge in [0.25, 0.3) is 0 Å². The van der Waals surface area contributed by atoms with Gasteiger partial charge in [0.05, 0.1) is 15.8 Å². The number of nitrogens with one attached hydrogen (secondary N) is 1. The van der Waals surface area contributed by atoms with E-state index in [-0.39, 0.29) is 29.2 Å². The molecule has 1 aromatic rings. The van der Waals surface area contributed by atoms with Gasteiger partial charge in [0, 0.05) is 38.5 Å². The summed E-state index contributed by atoms with van der Waals surface area (Å²) >= 11 is 1.29. The molecule has 0 saturated carbocycles. The summed E-state index contributed by atoms with van der Waals surface area (Å²) in [6.45, 7) is 3.73. The highest BCUT2D eigenvalue weighted by molar-refractivity contribution is 8.01. The van der Waals surface area contributed by atoms with Crippen molar-refractivity contribution in [1.82, 2.24) is 9.62 Å². The summed E-state index contributed by atoms with van der Waals surface area (Å²) in [7, 11) is 0.942. The number of benzene rings is 1. The molecular weight excluding hydrogens is 362 g/mol. The lowest BCUT2D eigenvalue weighted by Crippen LogP contribution is -2.42. The molecule has 9 heteroatoms. The SMILES string of the molecule is CC(C)NC(=O)C[C@H]1Sc2ccc(S(=O)(=O)N(C)C)cc2N(C)C1=O. The standard InChI is InChI=1S/C16H23N3O4S2/c1-10(2)17-15(20)9-14-16(21)19(5)12-8-11(6-7-13(12)24-14)25(22,23)18(3)4/h6-8,10,14H,9H2,1-5H3,(H,17,20)/t14-/m1/s1. The van der Waals surface area contributed by atoms with E-state index in [0.717, 1.165) is 9.20 Å². The topological polar surface area (TPSA) is 86.8 Å². The first kappa shape index (κ1) is 19.7. The van der Waals surface area contributed by atoms with Crippen molar-refractivity contribution in [2.75, 3.05) is 26.0 Å². The van der Waals surface area contributed by atoms with Crippen LogP contribution in [0.15, 0.2) is 28.0 Å². The lowest BCUT2D eigenvalue weighted by Gasteiger charge is -2.31. The molecule has 2 amide bonds. The van der Waals surface area contributed by atoms with Gasteiger partial charge in [0.1, 0.15) is 0 Å². The van der Waals surface area contributed by atoms with Gasteiger partial charge in [-0.2, -0.15) is 0 Å². The van der Waals surface area contributed by atoms with Crippen molar-refractivity contribution in [3.63, 3.8) is 0 Å². The third-order valence-corrected chi connectivity index (χ3v) is 6.83. The van der Waals surface area contributed by atoms with Crippen LogP contribution in [0.3, 0.4) is 0 Å². The first-order chi connectivity index (χ1) is 11.5. The number of fused-ring (bicyclic) bond motifs is 1. The number of amides is 2. The summed E-state index contributed by atoms with van der Waals surface area (Å²) in [5.74, 6) is -0.389. The van der Waals surface area contributed by atoms with Crippen LogP contribution in [0.5, 0.6) is 0 Å². The van der Waals surface area contributed by atoms with E-state index in [1.54, 1.807) is 13.1 Å². The van der Waals surface area contributed by atoms with E-state index in [1.165, 1.54) is 42.9 Å². The molecule has 0 aromatic heterocycles. The Morgan fingerprint density at radius 3 is 2.56 bits per heavy atom. The van der Waals surface area contributed by atoms with Gasteiger partial charge < -0.3 is 10.2 Å².